The fourth-order valence-corrected chi connectivity index (χ4v) is 3.59. The van der Waals surface area contributed by atoms with Crippen molar-refractivity contribution in [3.8, 4) is 5.88 Å². The lowest BCUT2D eigenvalue weighted by molar-refractivity contribution is 0.364. The third kappa shape index (κ3) is 1.94. The average molecular weight is 241 g/mol. The van der Waals surface area contributed by atoms with E-state index in [-0.39, 0.29) is 5.54 Å². The average Bonchev–Trinajstić information content (AvgIpc) is 2.66. The molecule has 4 nitrogen and oxygen atoms in total. The monoisotopic (exact) mass is 241 g/mol. The Labute approximate surface area is 101 Å². The number of aromatic nitrogens is 2. The van der Waals surface area contributed by atoms with Gasteiger partial charge in [-0.05, 0) is 20.8 Å². The van der Waals surface area contributed by atoms with E-state index < -0.39 is 0 Å². The molecule has 0 aromatic carbocycles. The Morgan fingerprint density at radius 1 is 1.56 bits per heavy atom. The van der Waals surface area contributed by atoms with E-state index in [1.807, 2.05) is 25.7 Å². The molecule has 5 heteroatoms. The summed E-state index contributed by atoms with van der Waals surface area (Å²) in [4.78, 5) is 0. The first kappa shape index (κ1) is 11.8. The number of rotatable bonds is 2. The van der Waals surface area contributed by atoms with Gasteiger partial charge in [0.1, 0.15) is 0 Å². The highest BCUT2D eigenvalue weighted by Gasteiger charge is 2.35. The molecule has 0 aliphatic carbocycles. The van der Waals surface area contributed by atoms with E-state index in [1.165, 1.54) is 5.56 Å². The van der Waals surface area contributed by atoms with Gasteiger partial charge in [0, 0.05) is 18.3 Å². The predicted octanol–water partition coefficient (Wildman–Crippen LogP) is 1.85. The Morgan fingerprint density at radius 3 is 2.75 bits per heavy atom. The standard InChI is InChI=1S/C11H19N3OS/c1-7-8(10(15-5)14(4)13-7)9-12-11(2,3)6-16-9/h9,12H,6H2,1-5H3. The van der Waals surface area contributed by atoms with E-state index in [4.69, 9.17) is 4.74 Å². The second-order valence-electron chi connectivity index (χ2n) is 4.85. The Balaban J connectivity index is 2.34. The summed E-state index contributed by atoms with van der Waals surface area (Å²) in [5.41, 5.74) is 2.41. The van der Waals surface area contributed by atoms with Crippen molar-refractivity contribution in [1.82, 2.24) is 15.1 Å². The fourth-order valence-electron chi connectivity index (χ4n) is 2.08. The summed E-state index contributed by atoms with van der Waals surface area (Å²) >= 11 is 1.91. The Kier molecular flexibility index (Phi) is 2.92. The molecule has 2 rings (SSSR count). The van der Waals surface area contributed by atoms with Crippen LogP contribution in [0.5, 0.6) is 5.88 Å². The second kappa shape index (κ2) is 3.96. The molecule has 1 aromatic heterocycles. The van der Waals surface area contributed by atoms with Crippen LogP contribution in [-0.4, -0.2) is 28.2 Å². The molecule has 0 radical (unpaired) electrons. The van der Waals surface area contributed by atoms with E-state index in [0.29, 0.717) is 5.37 Å². The molecule has 0 bridgehead atoms. The molecule has 0 saturated carbocycles. The van der Waals surface area contributed by atoms with E-state index in [2.05, 4.69) is 24.3 Å². The van der Waals surface area contributed by atoms with Crippen molar-refractivity contribution in [2.75, 3.05) is 12.9 Å². The highest BCUT2D eigenvalue weighted by molar-refractivity contribution is 7.99. The van der Waals surface area contributed by atoms with E-state index in [0.717, 1.165) is 17.3 Å². The van der Waals surface area contributed by atoms with Crippen molar-refractivity contribution in [1.29, 1.82) is 0 Å². The second-order valence-corrected chi connectivity index (χ2v) is 5.94. The molecule has 1 saturated heterocycles. The zero-order valence-corrected chi connectivity index (χ0v) is 11.3. The highest BCUT2D eigenvalue weighted by Crippen LogP contribution is 2.41. The number of hydrogen-bond acceptors (Lipinski definition) is 4. The minimum absolute atomic E-state index is 0.183. The van der Waals surface area contributed by atoms with Gasteiger partial charge in [0.05, 0.1) is 23.7 Å². The Bertz CT molecular complexity index is 400. The fraction of sp³-hybridized carbons (Fsp3) is 0.727. The van der Waals surface area contributed by atoms with Gasteiger partial charge in [-0.15, -0.1) is 11.8 Å². The minimum Gasteiger partial charge on any atom is -0.481 e. The van der Waals surface area contributed by atoms with Crippen LogP contribution in [-0.2, 0) is 7.05 Å². The third-order valence-electron chi connectivity index (χ3n) is 2.80. The topological polar surface area (TPSA) is 39.1 Å². The van der Waals surface area contributed by atoms with Gasteiger partial charge in [-0.1, -0.05) is 0 Å². The number of nitrogens with one attached hydrogen (secondary N) is 1. The molecule has 1 aliphatic heterocycles. The molecule has 0 spiro atoms. The first-order chi connectivity index (χ1) is 7.44. The van der Waals surface area contributed by atoms with Gasteiger partial charge >= 0.3 is 0 Å². The zero-order chi connectivity index (χ0) is 11.9. The summed E-state index contributed by atoms with van der Waals surface area (Å²) in [5.74, 6) is 1.97. The highest BCUT2D eigenvalue weighted by atomic mass is 32.2. The van der Waals surface area contributed by atoms with Crippen LogP contribution in [0.2, 0.25) is 0 Å². The molecular formula is C11H19N3OS. The summed E-state index contributed by atoms with van der Waals surface area (Å²) in [7, 11) is 3.62. The van der Waals surface area contributed by atoms with Crippen LogP contribution in [0, 0.1) is 6.92 Å². The van der Waals surface area contributed by atoms with Crippen LogP contribution in [0.1, 0.15) is 30.5 Å². The number of aryl methyl sites for hydroxylation is 2. The molecule has 90 valence electrons. The summed E-state index contributed by atoms with van der Waals surface area (Å²) in [6.45, 7) is 6.47. The maximum absolute atomic E-state index is 5.42. The predicted molar refractivity (Wildman–Crippen MR) is 66.9 cm³/mol. The van der Waals surface area contributed by atoms with Crippen molar-refractivity contribution in [2.24, 2.45) is 7.05 Å². The molecule has 1 N–H and O–H groups in total. The number of ether oxygens (including phenoxy) is 1. The molecule has 1 aliphatic rings. The molecule has 16 heavy (non-hydrogen) atoms. The van der Waals surface area contributed by atoms with Crippen LogP contribution < -0.4 is 10.1 Å². The van der Waals surface area contributed by atoms with Crippen LogP contribution in [0.25, 0.3) is 0 Å². The lowest BCUT2D eigenvalue weighted by atomic mass is 10.1. The Morgan fingerprint density at radius 2 is 2.25 bits per heavy atom. The molecular weight excluding hydrogens is 222 g/mol. The van der Waals surface area contributed by atoms with Crippen LogP contribution >= 0.6 is 11.8 Å². The Hall–Kier alpha value is -0.680. The van der Waals surface area contributed by atoms with Crippen molar-refractivity contribution in [3.05, 3.63) is 11.3 Å². The summed E-state index contributed by atoms with van der Waals surface area (Å²) in [6, 6.07) is 0. The van der Waals surface area contributed by atoms with Gasteiger partial charge in [-0.25, -0.2) is 4.68 Å². The smallest absolute Gasteiger partial charge is 0.217 e. The number of methoxy groups -OCH3 is 1. The van der Waals surface area contributed by atoms with Gasteiger partial charge in [0.15, 0.2) is 0 Å². The largest absolute Gasteiger partial charge is 0.481 e. The molecule has 1 atom stereocenters. The molecule has 1 aromatic rings. The summed E-state index contributed by atoms with van der Waals surface area (Å²) in [5, 5.41) is 8.31. The summed E-state index contributed by atoms with van der Waals surface area (Å²) in [6.07, 6.45) is 0. The molecule has 2 heterocycles. The van der Waals surface area contributed by atoms with Gasteiger partial charge in [0.2, 0.25) is 5.88 Å². The van der Waals surface area contributed by atoms with Gasteiger partial charge in [-0.3, -0.25) is 5.32 Å². The van der Waals surface area contributed by atoms with Crippen molar-refractivity contribution in [2.45, 2.75) is 31.7 Å². The molecule has 0 amide bonds. The molecule has 1 unspecified atom stereocenters. The number of hydrogen-bond donors (Lipinski definition) is 1. The summed E-state index contributed by atoms with van der Waals surface area (Å²) < 4.78 is 7.23. The van der Waals surface area contributed by atoms with Crippen LogP contribution in [0.3, 0.4) is 0 Å². The lowest BCUT2D eigenvalue weighted by Gasteiger charge is -2.19. The number of nitrogens with zero attached hydrogens (tertiary/aromatic N) is 2. The lowest BCUT2D eigenvalue weighted by Crippen LogP contribution is -2.36. The normalized spacial score (nSPS) is 23.7. The van der Waals surface area contributed by atoms with E-state index in [1.54, 1.807) is 11.8 Å². The van der Waals surface area contributed by atoms with Crippen molar-refractivity contribution < 1.29 is 4.74 Å². The molecule has 1 fully saturated rings. The third-order valence-corrected chi connectivity index (χ3v) is 4.38. The first-order valence-electron chi connectivity index (χ1n) is 5.41. The number of thioether (sulfide) groups is 1. The minimum atomic E-state index is 0.183. The van der Waals surface area contributed by atoms with Crippen LogP contribution in [0.15, 0.2) is 0 Å². The first-order valence-corrected chi connectivity index (χ1v) is 6.46. The van der Waals surface area contributed by atoms with Crippen molar-refractivity contribution in [3.63, 3.8) is 0 Å². The van der Waals surface area contributed by atoms with Gasteiger partial charge in [-0.2, -0.15) is 5.10 Å². The maximum atomic E-state index is 5.42. The van der Waals surface area contributed by atoms with Crippen molar-refractivity contribution >= 4 is 11.8 Å². The van der Waals surface area contributed by atoms with Crippen LogP contribution in [0.4, 0.5) is 0 Å². The van der Waals surface area contributed by atoms with E-state index in [9.17, 15) is 0 Å². The zero-order valence-electron chi connectivity index (χ0n) is 10.5. The van der Waals surface area contributed by atoms with E-state index >= 15 is 0 Å². The van der Waals surface area contributed by atoms with Gasteiger partial charge < -0.3 is 4.74 Å². The van der Waals surface area contributed by atoms with Gasteiger partial charge in [0.25, 0.3) is 0 Å². The maximum Gasteiger partial charge on any atom is 0.217 e. The SMILES string of the molecule is COc1c(C2NC(C)(C)CS2)c(C)nn1C. The quantitative estimate of drug-likeness (QED) is 0.857.